The largest absolute Gasteiger partial charge is 0.294 e. The van der Waals surface area contributed by atoms with E-state index < -0.39 is 0 Å². The van der Waals surface area contributed by atoms with Crippen molar-refractivity contribution >= 4 is 33.5 Å². The smallest absolute Gasteiger partial charge is 0.160 e. The molecule has 0 fully saturated rings. The van der Waals surface area contributed by atoms with E-state index in [1.807, 2.05) is 18.2 Å². The van der Waals surface area contributed by atoms with Crippen LogP contribution in [0.15, 0.2) is 51.2 Å². The van der Waals surface area contributed by atoms with Gasteiger partial charge in [-0.1, -0.05) is 27.7 Å². The van der Waals surface area contributed by atoms with Crippen molar-refractivity contribution in [2.75, 3.05) is 0 Å². The molecule has 0 aliphatic heterocycles. The van der Waals surface area contributed by atoms with Crippen LogP contribution >= 0.6 is 27.7 Å². The Kier molecular flexibility index (Phi) is 3.91. The minimum Gasteiger partial charge on any atom is -0.294 e. The maximum atomic E-state index is 11.5. The van der Waals surface area contributed by atoms with Crippen LogP contribution in [-0.2, 0) is 0 Å². The first kappa shape index (κ1) is 12.3. The predicted molar refractivity (Wildman–Crippen MR) is 70.3 cm³/mol. The fourth-order valence-electron chi connectivity index (χ4n) is 1.32. The lowest BCUT2D eigenvalue weighted by Gasteiger charge is -2.06. The van der Waals surface area contributed by atoms with Gasteiger partial charge in [0.15, 0.2) is 5.78 Å². The van der Waals surface area contributed by atoms with Crippen molar-refractivity contribution in [1.82, 2.24) is 9.97 Å². The van der Waals surface area contributed by atoms with Crippen LogP contribution in [0.2, 0.25) is 0 Å². The Labute approximate surface area is 112 Å². The summed E-state index contributed by atoms with van der Waals surface area (Å²) in [6.07, 6.45) is 4.93. The van der Waals surface area contributed by atoms with Gasteiger partial charge in [-0.15, -0.1) is 0 Å². The molecule has 86 valence electrons. The third-order valence-corrected chi connectivity index (χ3v) is 3.56. The highest BCUT2D eigenvalue weighted by molar-refractivity contribution is 9.10. The Bertz CT molecular complexity index is 545. The van der Waals surface area contributed by atoms with E-state index in [-0.39, 0.29) is 5.78 Å². The van der Waals surface area contributed by atoms with E-state index in [1.54, 1.807) is 25.5 Å². The third-order valence-electron chi connectivity index (χ3n) is 2.07. The topological polar surface area (TPSA) is 42.9 Å². The number of rotatable bonds is 3. The summed E-state index contributed by atoms with van der Waals surface area (Å²) in [5, 5.41) is 0.775. The molecule has 1 aromatic carbocycles. The molecular formula is C12H9BrN2OS. The lowest BCUT2D eigenvalue weighted by molar-refractivity contribution is 0.101. The number of nitrogens with zero attached hydrogens (tertiary/aromatic N) is 2. The lowest BCUT2D eigenvalue weighted by Crippen LogP contribution is -1.95. The van der Waals surface area contributed by atoms with Gasteiger partial charge in [0, 0.05) is 27.3 Å². The highest BCUT2D eigenvalue weighted by Gasteiger charge is 2.09. The van der Waals surface area contributed by atoms with Gasteiger partial charge in [-0.05, 0) is 25.1 Å². The Hall–Kier alpha value is -1.20. The second-order valence-corrected chi connectivity index (χ2v) is 5.32. The minimum absolute atomic E-state index is 0.0395. The van der Waals surface area contributed by atoms with Crippen LogP contribution in [0.4, 0.5) is 0 Å². The van der Waals surface area contributed by atoms with Crippen LogP contribution in [0.5, 0.6) is 0 Å². The number of hydrogen-bond donors (Lipinski definition) is 0. The van der Waals surface area contributed by atoms with Gasteiger partial charge in [-0.3, -0.25) is 9.78 Å². The van der Waals surface area contributed by atoms with Gasteiger partial charge in [-0.2, -0.15) is 0 Å². The predicted octanol–water partition coefficient (Wildman–Crippen LogP) is 3.59. The van der Waals surface area contributed by atoms with E-state index in [0.29, 0.717) is 5.56 Å². The summed E-state index contributed by atoms with van der Waals surface area (Å²) in [4.78, 5) is 20.6. The molecule has 0 saturated heterocycles. The van der Waals surface area contributed by atoms with Gasteiger partial charge in [-0.25, -0.2) is 4.98 Å². The number of benzene rings is 1. The Balaban J connectivity index is 2.36. The maximum absolute atomic E-state index is 11.5. The molecule has 3 nitrogen and oxygen atoms in total. The fourth-order valence-corrected chi connectivity index (χ4v) is 2.58. The molecule has 0 amide bonds. The van der Waals surface area contributed by atoms with Crippen LogP contribution in [0, 0.1) is 0 Å². The molecule has 0 atom stereocenters. The molecule has 2 rings (SSSR count). The number of halogens is 1. The molecule has 0 radical (unpaired) electrons. The SMILES string of the molecule is CC(=O)c1cc(Br)ccc1Sc1cnccn1. The van der Waals surface area contributed by atoms with Gasteiger partial charge in [0.05, 0.1) is 6.20 Å². The van der Waals surface area contributed by atoms with Crippen molar-refractivity contribution in [3.63, 3.8) is 0 Å². The number of carbonyl (C=O) groups is 1. The van der Waals surface area contributed by atoms with Crippen molar-refractivity contribution in [2.45, 2.75) is 16.8 Å². The molecule has 1 aromatic heterocycles. The second kappa shape index (κ2) is 5.42. The lowest BCUT2D eigenvalue weighted by atomic mass is 10.1. The average Bonchev–Trinajstić information content (AvgIpc) is 2.32. The standard InChI is InChI=1S/C12H9BrN2OS/c1-8(16)10-6-9(13)2-3-11(10)17-12-7-14-4-5-15-12/h2-7H,1H3. The molecule has 0 N–H and O–H groups in total. The second-order valence-electron chi connectivity index (χ2n) is 3.34. The molecule has 0 saturated carbocycles. The summed E-state index contributed by atoms with van der Waals surface area (Å²) in [5.74, 6) is 0.0395. The number of Topliss-reactive ketones (excluding diaryl/α,β-unsaturated/α-hetero) is 1. The van der Waals surface area contributed by atoms with Crippen LogP contribution in [0.25, 0.3) is 0 Å². The molecule has 2 aromatic rings. The van der Waals surface area contributed by atoms with Gasteiger partial charge < -0.3 is 0 Å². The van der Waals surface area contributed by atoms with Crippen molar-refractivity contribution in [1.29, 1.82) is 0 Å². The Morgan fingerprint density at radius 3 is 2.82 bits per heavy atom. The molecule has 1 heterocycles. The summed E-state index contributed by atoms with van der Waals surface area (Å²) in [7, 11) is 0. The summed E-state index contributed by atoms with van der Waals surface area (Å²) in [6.45, 7) is 1.56. The molecular weight excluding hydrogens is 300 g/mol. The molecule has 0 aliphatic carbocycles. The Morgan fingerprint density at radius 2 is 2.18 bits per heavy atom. The average molecular weight is 309 g/mol. The van der Waals surface area contributed by atoms with Crippen molar-refractivity contribution in [3.8, 4) is 0 Å². The van der Waals surface area contributed by atoms with Crippen LogP contribution in [0.3, 0.4) is 0 Å². The molecule has 0 unspecified atom stereocenters. The van der Waals surface area contributed by atoms with E-state index in [9.17, 15) is 4.79 Å². The minimum atomic E-state index is 0.0395. The zero-order valence-electron chi connectivity index (χ0n) is 9.05. The zero-order valence-corrected chi connectivity index (χ0v) is 11.5. The monoisotopic (exact) mass is 308 g/mol. The summed E-state index contributed by atoms with van der Waals surface area (Å²) in [5.41, 5.74) is 0.690. The third kappa shape index (κ3) is 3.14. The van der Waals surface area contributed by atoms with Crippen molar-refractivity contribution in [2.24, 2.45) is 0 Å². The van der Waals surface area contributed by atoms with Gasteiger partial charge in [0.25, 0.3) is 0 Å². The van der Waals surface area contributed by atoms with E-state index in [2.05, 4.69) is 25.9 Å². The first-order valence-electron chi connectivity index (χ1n) is 4.91. The number of carbonyl (C=O) groups excluding carboxylic acids is 1. The molecule has 17 heavy (non-hydrogen) atoms. The van der Waals surface area contributed by atoms with Crippen LogP contribution in [-0.4, -0.2) is 15.8 Å². The first-order valence-corrected chi connectivity index (χ1v) is 6.52. The summed E-state index contributed by atoms with van der Waals surface area (Å²) in [6, 6.07) is 5.63. The normalized spacial score (nSPS) is 10.2. The molecule has 0 spiro atoms. The quantitative estimate of drug-likeness (QED) is 0.813. The van der Waals surface area contributed by atoms with Gasteiger partial charge in [0.1, 0.15) is 5.03 Å². The Morgan fingerprint density at radius 1 is 1.35 bits per heavy atom. The highest BCUT2D eigenvalue weighted by Crippen LogP contribution is 2.30. The summed E-state index contributed by atoms with van der Waals surface area (Å²) >= 11 is 4.80. The van der Waals surface area contributed by atoms with Gasteiger partial charge in [0.2, 0.25) is 0 Å². The number of aromatic nitrogens is 2. The maximum Gasteiger partial charge on any atom is 0.160 e. The first-order chi connectivity index (χ1) is 8.16. The highest BCUT2D eigenvalue weighted by atomic mass is 79.9. The van der Waals surface area contributed by atoms with E-state index >= 15 is 0 Å². The number of hydrogen-bond acceptors (Lipinski definition) is 4. The van der Waals surface area contributed by atoms with Crippen LogP contribution in [0.1, 0.15) is 17.3 Å². The molecule has 0 bridgehead atoms. The fraction of sp³-hybridized carbons (Fsp3) is 0.0833. The molecule has 5 heteroatoms. The molecule has 0 aliphatic rings. The van der Waals surface area contributed by atoms with E-state index in [4.69, 9.17) is 0 Å². The van der Waals surface area contributed by atoms with E-state index in [0.717, 1.165) is 14.4 Å². The zero-order chi connectivity index (χ0) is 12.3. The van der Waals surface area contributed by atoms with Gasteiger partial charge >= 0.3 is 0 Å². The van der Waals surface area contributed by atoms with Crippen molar-refractivity contribution in [3.05, 3.63) is 46.8 Å². The number of ketones is 1. The van der Waals surface area contributed by atoms with Crippen molar-refractivity contribution < 1.29 is 4.79 Å². The van der Waals surface area contributed by atoms with E-state index in [1.165, 1.54) is 11.8 Å². The summed E-state index contributed by atoms with van der Waals surface area (Å²) < 4.78 is 0.895. The van der Waals surface area contributed by atoms with Crippen LogP contribution < -0.4 is 0 Å².